The molecule has 5 heteroatoms. The smallest absolute Gasteiger partial charge is 0.295 e. The van der Waals surface area contributed by atoms with Gasteiger partial charge in [0.05, 0.1) is 5.92 Å². The van der Waals surface area contributed by atoms with E-state index in [1.165, 1.54) is 51.4 Å². The third kappa shape index (κ3) is 4.95. The van der Waals surface area contributed by atoms with Crippen LogP contribution in [0, 0.1) is 5.92 Å². The Labute approximate surface area is 152 Å². The van der Waals surface area contributed by atoms with Crippen molar-refractivity contribution in [3.63, 3.8) is 0 Å². The lowest BCUT2D eigenvalue weighted by Crippen LogP contribution is -2.48. The molecule has 0 amide bonds. The molecule has 0 aromatic heterocycles. The highest BCUT2D eigenvalue weighted by molar-refractivity contribution is 6.78. The van der Waals surface area contributed by atoms with E-state index in [0.29, 0.717) is 9.76 Å². The molecule has 0 bridgehead atoms. The first kappa shape index (κ1) is 20.2. The molecule has 0 heterocycles. The molecule has 0 aliphatic heterocycles. The lowest BCUT2D eigenvalue weighted by atomic mass is 10.2. The van der Waals surface area contributed by atoms with Crippen LogP contribution >= 0.6 is 0 Å². The van der Waals surface area contributed by atoms with Gasteiger partial charge in [-0.2, -0.15) is 0 Å². The average Bonchev–Trinajstić information content (AvgIpc) is 3.25. The fourth-order valence-corrected chi connectivity index (χ4v) is 11.2. The van der Waals surface area contributed by atoms with Crippen LogP contribution in [-0.4, -0.2) is 30.2 Å². The second-order valence-corrected chi connectivity index (χ2v) is 13.5. The highest BCUT2D eigenvalue weighted by Gasteiger charge is 2.52. The summed E-state index contributed by atoms with van der Waals surface area (Å²) in [5.41, 5.74) is 1.44. The molecule has 1 unspecified atom stereocenters. The van der Waals surface area contributed by atoms with Crippen LogP contribution in [0.1, 0.15) is 79.1 Å². The zero-order valence-electron chi connectivity index (χ0n) is 16.1. The Hall–Kier alpha value is -0.136. The van der Waals surface area contributed by atoms with Crippen LogP contribution in [0.3, 0.4) is 0 Å². The fourth-order valence-electron chi connectivity index (χ4n) is 4.69. The second kappa shape index (κ2) is 9.53. The monoisotopic (exact) mass is 368 g/mol. The quantitative estimate of drug-likeness (QED) is 0.505. The molecule has 2 aliphatic carbocycles. The third-order valence-corrected chi connectivity index (χ3v) is 13.1. The molecule has 2 fully saturated rings. The summed E-state index contributed by atoms with van der Waals surface area (Å²) in [7, 11) is -1.58. The predicted octanol–water partition coefficient (Wildman–Crippen LogP) is 5.48. The van der Waals surface area contributed by atoms with E-state index >= 15 is 0 Å². The molecule has 0 aromatic rings. The number of carbonyl (C=O) groups is 1. The number of hydrogen-bond donors (Lipinski definition) is 0. The SMILES string of the molecule is CC[Si](OC(=O)C(C)C[Si]OC(C)C)(C1CCCC1)C1CCCC1. The Kier molecular flexibility index (Phi) is 8.01. The standard InChI is InChI=1S/C19H36O3Si2/c1-5-24(17-10-6-7-11-17,18-12-8-9-13-18)22-19(20)16(4)14-23-21-15(2)3/h15-18H,5-14H2,1-4H3. The molecule has 0 aromatic carbocycles. The summed E-state index contributed by atoms with van der Waals surface area (Å²) in [6.07, 6.45) is 10.8. The Morgan fingerprint density at radius 2 is 1.54 bits per heavy atom. The van der Waals surface area contributed by atoms with Crippen LogP contribution in [0.5, 0.6) is 0 Å². The largest absolute Gasteiger partial charge is 0.518 e. The van der Waals surface area contributed by atoms with E-state index in [9.17, 15) is 4.79 Å². The first-order valence-corrected chi connectivity index (χ1v) is 13.5. The summed E-state index contributed by atoms with van der Waals surface area (Å²) in [6, 6.07) is 1.92. The van der Waals surface area contributed by atoms with Crippen molar-refractivity contribution in [3.05, 3.63) is 0 Å². The van der Waals surface area contributed by atoms with Gasteiger partial charge in [-0.25, -0.2) is 0 Å². The van der Waals surface area contributed by atoms with Crippen LogP contribution in [0.4, 0.5) is 0 Å². The van der Waals surface area contributed by atoms with Gasteiger partial charge in [-0.05, 0) is 62.7 Å². The summed E-state index contributed by atoms with van der Waals surface area (Å²) in [5, 5.41) is 0. The van der Waals surface area contributed by atoms with Crippen molar-refractivity contribution < 1.29 is 13.6 Å². The number of rotatable bonds is 9. The van der Waals surface area contributed by atoms with Crippen LogP contribution < -0.4 is 0 Å². The maximum absolute atomic E-state index is 12.9. The molecule has 2 rings (SSSR count). The van der Waals surface area contributed by atoms with Crippen LogP contribution in [0.15, 0.2) is 0 Å². The molecule has 24 heavy (non-hydrogen) atoms. The minimum atomic E-state index is -1.98. The average molecular weight is 369 g/mol. The first-order valence-electron chi connectivity index (χ1n) is 10.1. The van der Waals surface area contributed by atoms with Gasteiger partial charge in [-0.15, -0.1) is 0 Å². The Balaban J connectivity index is 2.02. The molecule has 1 atom stereocenters. The van der Waals surface area contributed by atoms with Crippen molar-refractivity contribution in [2.75, 3.05) is 0 Å². The normalized spacial score (nSPS) is 21.5. The van der Waals surface area contributed by atoms with Gasteiger partial charge in [-0.3, -0.25) is 4.79 Å². The van der Waals surface area contributed by atoms with Gasteiger partial charge in [0.15, 0.2) is 0 Å². The van der Waals surface area contributed by atoms with Crippen molar-refractivity contribution in [2.45, 2.75) is 108 Å². The second-order valence-electron chi connectivity index (χ2n) is 8.11. The summed E-state index contributed by atoms with van der Waals surface area (Å²) < 4.78 is 12.2. The van der Waals surface area contributed by atoms with Gasteiger partial charge >= 0.3 is 0 Å². The predicted molar refractivity (Wildman–Crippen MR) is 103 cm³/mol. The number of carbonyl (C=O) groups excluding carboxylic acids is 1. The van der Waals surface area contributed by atoms with Crippen molar-refractivity contribution in [3.8, 4) is 0 Å². The molecule has 2 saturated carbocycles. The van der Waals surface area contributed by atoms with E-state index in [1.54, 1.807) is 0 Å². The van der Waals surface area contributed by atoms with Gasteiger partial charge in [-0.1, -0.05) is 39.5 Å². The summed E-state index contributed by atoms with van der Waals surface area (Å²) in [5.74, 6) is 0.0467. The Morgan fingerprint density at radius 1 is 1.04 bits per heavy atom. The summed E-state index contributed by atoms with van der Waals surface area (Å²) in [4.78, 5) is 12.9. The molecule has 0 spiro atoms. The van der Waals surface area contributed by atoms with Gasteiger partial charge in [0, 0.05) is 6.10 Å². The minimum Gasteiger partial charge on any atom is -0.518 e. The van der Waals surface area contributed by atoms with E-state index in [0.717, 1.165) is 23.2 Å². The van der Waals surface area contributed by atoms with Crippen LogP contribution in [0.2, 0.25) is 23.2 Å². The lowest BCUT2D eigenvalue weighted by molar-refractivity contribution is -0.139. The van der Waals surface area contributed by atoms with E-state index in [2.05, 4.69) is 6.92 Å². The maximum atomic E-state index is 12.9. The highest BCUT2D eigenvalue weighted by atomic mass is 28.4. The van der Waals surface area contributed by atoms with Crippen molar-refractivity contribution in [1.82, 2.24) is 0 Å². The molecular formula is C19H36O3Si2. The van der Waals surface area contributed by atoms with Crippen molar-refractivity contribution in [2.24, 2.45) is 5.92 Å². The minimum absolute atomic E-state index is 0.0247. The van der Waals surface area contributed by atoms with Crippen LogP contribution in [0.25, 0.3) is 0 Å². The van der Waals surface area contributed by atoms with E-state index < -0.39 is 8.32 Å². The van der Waals surface area contributed by atoms with E-state index in [1.807, 2.05) is 20.8 Å². The fraction of sp³-hybridized carbons (Fsp3) is 0.947. The molecular weight excluding hydrogens is 332 g/mol. The van der Waals surface area contributed by atoms with Gasteiger partial charge < -0.3 is 8.85 Å². The lowest BCUT2D eigenvalue weighted by Gasteiger charge is -2.40. The molecule has 2 aliphatic rings. The zero-order valence-corrected chi connectivity index (χ0v) is 18.1. The summed E-state index contributed by atoms with van der Waals surface area (Å²) >= 11 is 0. The first-order chi connectivity index (χ1) is 11.5. The van der Waals surface area contributed by atoms with Gasteiger partial charge in [0.25, 0.3) is 14.3 Å². The maximum Gasteiger partial charge on any atom is 0.295 e. The van der Waals surface area contributed by atoms with E-state index in [4.69, 9.17) is 8.85 Å². The molecule has 2 radical (unpaired) electrons. The van der Waals surface area contributed by atoms with Crippen LogP contribution in [-0.2, 0) is 13.6 Å². The topological polar surface area (TPSA) is 35.5 Å². The zero-order chi connectivity index (χ0) is 17.6. The van der Waals surface area contributed by atoms with E-state index in [-0.39, 0.29) is 18.0 Å². The Bertz CT molecular complexity index is 372. The molecule has 0 saturated heterocycles. The summed E-state index contributed by atoms with van der Waals surface area (Å²) in [6.45, 7) is 8.41. The van der Waals surface area contributed by atoms with Crippen molar-refractivity contribution in [1.29, 1.82) is 0 Å². The van der Waals surface area contributed by atoms with Gasteiger partial charge in [0.1, 0.15) is 0 Å². The number of hydrogen-bond acceptors (Lipinski definition) is 3. The third-order valence-electron chi connectivity index (χ3n) is 6.05. The molecule has 3 nitrogen and oxygen atoms in total. The van der Waals surface area contributed by atoms with Crippen molar-refractivity contribution >= 4 is 24.0 Å². The van der Waals surface area contributed by atoms with Gasteiger partial charge in [0.2, 0.25) is 9.76 Å². The highest BCUT2D eigenvalue weighted by Crippen LogP contribution is 2.52. The molecule has 0 N–H and O–H groups in total. The molecule has 138 valence electrons. The Morgan fingerprint density at radius 3 is 1.96 bits per heavy atom.